The first-order chi connectivity index (χ1) is 15.8. The van der Waals surface area contributed by atoms with Crippen LogP contribution in [-0.2, 0) is 9.59 Å². The first-order valence-corrected chi connectivity index (χ1v) is 8.71. The minimum absolute atomic E-state index is 0.181. The number of carbonyl (C=O) groups excluding carboxylic acids is 2. The van der Waals surface area contributed by atoms with E-state index in [1.165, 1.54) is 0 Å². The molecule has 2 amide bonds. The van der Waals surface area contributed by atoms with Crippen molar-refractivity contribution in [3.8, 4) is 0 Å². The molecule has 0 fully saturated rings. The Kier molecular flexibility index (Phi) is 9.64. The van der Waals surface area contributed by atoms with Crippen molar-refractivity contribution in [2.75, 3.05) is 13.1 Å². The summed E-state index contributed by atoms with van der Waals surface area (Å²) in [6, 6.07) is 4.93. The molecule has 0 aliphatic carbocycles. The molecular weight excluding hydrogens is 468 g/mol. The van der Waals surface area contributed by atoms with Crippen molar-refractivity contribution in [2.45, 2.75) is 0 Å². The molecule has 0 aliphatic rings. The smallest absolute Gasteiger partial charge is 0.322 e. The summed E-state index contributed by atoms with van der Waals surface area (Å²) in [6.07, 6.45) is 0. The second-order valence-electron chi connectivity index (χ2n) is 5.99. The number of nitro benzene ring substituents is 2. The average molecular weight is 482 g/mol. The second-order valence-corrected chi connectivity index (χ2v) is 5.99. The molecule has 0 atom stereocenters. The van der Waals surface area contributed by atoms with Gasteiger partial charge in [-0.2, -0.15) is 4.39 Å². The minimum atomic E-state index is -1.29. The summed E-state index contributed by atoms with van der Waals surface area (Å²) < 4.78 is 25.7. The third-order valence-electron chi connectivity index (χ3n) is 3.61. The molecule has 0 saturated heterocycles. The van der Waals surface area contributed by atoms with Crippen molar-refractivity contribution in [3.63, 3.8) is 0 Å². The van der Waals surface area contributed by atoms with Crippen LogP contribution in [0.5, 0.6) is 0 Å². The molecule has 2 aromatic rings. The number of aliphatic carboxylic acids is 2. The van der Waals surface area contributed by atoms with E-state index in [1.807, 2.05) is 10.6 Å². The van der Waals surface area contributed by atoms with Gasteiger partial charge in [0.05, 0.1) is 15.9 Å². The van der Waals surface area contributed by atoms with Crippen LogP contribution < -0.4 is 10.6 Å². The van der Waals surface area contributed by atoms with E-state index >= 15 is 0 Å². The third-order valence-corrected chi connectivity index (χ3v) is 3.61. The highest BCUT2D eigenvalue weighted by Crippen LogP contribution is 2.20. The molecule has 0 aliphatic heterocycles. The van der Waals surface area contributed by atoms with Gasteiger partial charge in [0.25, 0.3) is 17.5 Å². The summed E-state index contributed by atoms with van der Waals surface area (Å²) >= 11 is 0. The number of carbonyl (C=O) groups is 4. The number of hydrogen-bond donors (Lipinski definition) is 4. The topological polar surface area (TPSA) is 219 Å². The monoisotopic (exact) mass is 482 g/mol. The standard InChI is InChI=1S/2C9H7FN2O5/c10-5-1-2-6(7(3-5)12(16)17)9(15)11-4-8(13)14;10-6-2-1-5(3-7(6)12(16)17)9(15)11-4-8(13)14/h2*1-3H,4H2,(H,11,15)(H,13,14)/i2*10-1. The van der Waals surface area contributed by atoms with E-state index in [4.69, 9.17) is 10.2 Å². The number of rotatable bonds is 8. The maximum absolute atomic E-state index is 12.9. The largest absolute Gasteiger partial charge is 0.480 e. The molecule has 34 heavy (non-hydrogen) atoms. The van der Waals surface area contributed by atoms with Gasteiger partial charge >= 0.3 is 17.6 Å². The lowest BCUT2D eigenvalue weighted by atomic mass is 10.1. The first kappa shape index (κ1) is 27.0. The van der Waals surface area contributed by atoms with Gasteiger partial charge < -0.3 is 20.8 Å². The van der Waals surface area contributed by atoms with Crippen LogP contribution in [-0.4, -0.2) is 56.9 Å². The van der Waals surface area contributed by atoms with E-state index in [-0.39, 0.29) is 5.56 Å². The van der Waals surface area contributed by atoms with Gasteiger partial charge in [-0.25, -0.2) is 4.39 Å². The van der Waals surface area contributed by atoms with Crippen LogP contribution in [0, 0.1) is 31.9 Å². The van der Waals surface area contributed by atoms with Gasteiger partial charge in [-0.3, -0.25) is 39.4 Å². The van der Waals surface area contributed by atoms with Crippen LogP contribution in [0.2, 0.25) is 0 Å². The lowest BCUT2D eigenvalue weighted by molar-refractivity contribution is -0.387. The van der Waals surface area contributed by atoms with E-state index in [9.17, 15) is 48.2 Å². The number of nitrogens with one attached hydrogen (secondary N) is 2. The Morgan fingerprint density at radius 2 is 1.32 bits per heavy atom. The minimum Gasteiger partial charge on any atom is -0.480 e. The molecular formula is C18H14F2N4O10. The number of amides is 2. The lowest BCUT2D eigenvalue weighted by Crippen LogP contribution is -2.29. The van der Waals surface area contributed by atoms with Gasteiger partial charge in [-0.05, 0) is 24.3 Å². The molecule has 0 spiro atoms. The van der Waals surface area contributed by atoms with Crippen LogP contribution in [0.1, 0.15) is 20.7 Å². The second kappa shape index (κ2) is 12.1. The molecule has 4 N–H and O–H groups in total. The van der Waals surface area contributed by atoms with Crippen molar-refractivity contribution in [2.24, 2.45) is 0 Å². The molecule has 16 heteroatoms. The number of benzene rings is 2. The number of nitro groups is 2. The maximum atomic E-state index is 12.9. The summed E-state index contributed by atoms with van der Waals surface area (Å²) in [5, 5.41) is 41.5. The van der Waals surface area contributed by atoms with E-state index in [2.05, 4.69) is 0 Å². The van der Waals surface area contributed by atoms with Crippen LogP contribution >= 0.6 is 0 Å². The number of carboxylic acids is 2. The summed E-state index contributed by atoms with van der Waals surface area (Å²) in [7, 11) is 0. The Bertz CT molecular complexity index is 1160. The highest BCUT2D eigenvalue weighted by atomic mass is 18.2. The SMILES string of the molecule is O=C(O)CNC(=O)c1ccc([18F])c([N+](=O)[O-])c1.O=C(O)CNC(=O)c1ccc([18F])cc1[N+](=O)[O-]. The van der Waals surface area contributed by atoms with Crippen molar-refractivity contribution >= 4 is 35.1 Å². The van der Waals surface area contributed by atoms with E-state index in [0.717, 1.165) is 30.3 Å². The molecule has 2 rings (SSSR count). The fraction of sp³-hybridized carbons (Fsp3) is 0.111. The molecule has 0 radical (unpaired) electrons. The fourth-order valence-corrected chi connectivity index (χ4v) is 2.15. The van der Waals surface area contributed by atoms with Gasteiger partial charge in [0.2, 0.25) is 5.82 Å². The quantitative estimate of drug-likeness (QED) is 0.310. The number of nitrogens with zero attached hydrogens (tertiary/aromatic N) is 2. The molecule has 0 aromatic heterocycles. The Morgan fingerprint density at radius 3 is 1.82 bits per heavy atom. The molecule has 2 aromatic carbocycles. The number of halogens is 2. The van der Waals surface area contributed by atoms with E-state index in [1.54, 1.807) is 0 Å². The third kappa shape index (κ3) is 8.25. The zero-order valence-corrected chi connectivity index (χ0v) is 16.7. The van der Waals surface area contributed by atoms with Crippen LogP contribution in [0.4, 0.5) is 20.2 Å². The predicted octanol–water partition coefficient (Wildman–Crippen LogP) is 1.10. The number of hydrogen-bond acceptors (Lipinski definition) is 8. The average Bonchev–Trinajstić information content (AvgIpc) is 2.76. The molecule has 0 saturated carbocycles. The predicted molar refractivity (Wildman–Crippen MR) is 106 cm³/mol. The van der Waals surface area contributed by atoms with Gasteiger partial charge in [-0.15, -0.1) is 0 Å². The Morgan fingerprint density at radius 1 is 0.794 bits per heavy atom. The van der Waals surface area contributed by atoms with Crippen molar-refractivity contribution in [1.82, 2.24) is 10.6 Å². The maximum Gasteiger partial charge on any atom is 0.322 e. The van der Waals surface area contributed by atoms with Crippen molar-refractivity contribution < 1.29 is 48.0 Å². The highest BCUT2D eigenvalue weighted by Gasteiger charge is 2.21. The van der Waals surface area contributed by atoms with Gasteiger partial charge in [-0.1, -0.05) is 0 Å². The Hall–Kier alpha value is -5.02. The summed E-state index contributed by atoms with van der Waals surface area (Å²) in [5.74, 6) is -6.23. The molecule has 0 unspecified atom stereocenters. The molecule has 14 nitrogen and oxygen atoms in total. The molecule has 0 bridgehead atoms. The number of carboxylic acid groups (broad SMARTS) is 2. The summed E-state index contributed by atoms with van der Waals surface area (Å²) in [4.78, 5) is 62.2. The van der Waals surface area contributed by atoms with Gasteiger partial charge in [0.15, 0.2) is 0 Å². The first-order valence-electron chi connectivity index (χ1n) is 8.71. The Balaban J connectivity index is 0.000000340. The van der Waals surface area contributed by atoms with Crippen molar-refractivity contribution in [3.05, 3.63) is 79.4 Å². The van der Waals surface area contributed by atoms with Gasteiger partial charge in [0, 0.05) is 11.6 Å². The summed E-state index contributed by atoms with van der Waals surface area (Å²) in [5.41, 5.74) is -2.13. The van der Waals surface area contributed by atoms with Crippen LogP contribution in [0.25, 0.3) is 0 Å². The van der Waals surface area contributed by atoms with Gasteiger partial charge in [0.1, 0.15) is 24.5 Å². The van der Waals surface area contributed by atoms with Crippen molar-refractivity contribution in [1.29, 1.82) is 0 Å². The van der Waals surface area contributed by atoms with Crippen LogP contribution in [0.15, 0.2) is 36.4 Å². The molecule has 0 heterocycles. The fourth-order valence-electron chi connectivity index (χ4n) is 2.15. The Labute approximate surface area is 187 Å². The van der Waals surface area contributed by atoms with E-state index in [0.29, 0.717) is 6.07 Å². The highest BCUT2D eigenvalue weighted by molar-refractivity contribution is 5.99. The van der Waals surface area contributed by atoms with Crippen LogP contribution in [0.3, 0.4) is 0 Å². The lowest BCUT2D eigenvalue weighted by Gasteiger charge is -2.03. The molecule has 180 valence electrons. The summed E-state index contributed by atoms with van der Waals surface area (Å²) in [6.45, 7) is -1.29. The zero-order valence-electron chi connectivity index (χ0n) is 16.7. The normalized spacial score (nSPS) is 9.71. The van der Waals surface area contributed by atoms with E-state index < -0.39 is 75.3 Å². The zero-order chi connectivity index (χ0) is 26.0.